The van der Waals surface area contributed by atoms with Crippen LogP contribution in [0, 0.1) is 5.92 Å². The highest BCUT2D eigenvalue weighted by Gasteiger charge is 2.14. The first kappa shape index (κ1) is 12.4. The summed E-state index contributed by atoms with van der Waals surface area (Å²) in [5.41, 5.74) is 0. The molecule has 2 rings (SSSR count). The topological polar surface area (TPSA) is 21.3 Å². The summed E-state index contributed by atoms with van der Waals surface area (Å²) >= 11 is 0. The van der Waals surface area contributed by atoms with Crippen molar-refractivity contribution in [2.75, 3.05) is 19.8 Å². The van der Waals surface area contributed by atoms with Gasteiger partial charge in [-0.05, 0) is 44.6 Å². The highest BCUT2D eigenvalue weighted by atomic mass is 16.5. The molecule has 1 N–H and O–H groups in total. The summed E-state index contributed by atoms with van der Waals surface area (Å²) in [5, 5.41) is 3.58. The van der Waals surface area contributed by atoms with Crippen LogP contribution in [0.5, 0.6) is 0 Å². The van der Waals surface area contributed by atoms with Gasteiger partial charge in [0.05, 0.1) is 0 Å². The number of hydrogen-bond donors (Lipinski definition) is 1. The van der Waals surface area contributed by atoms with Crippen LogP contribution in [0.15, 0.2) is 0 Å². The summed E-state index contributed by atoms with van der Waals surface area (Å²) in [6.07, 6.45) is 12.4. The Kier molecular flexibility index (Phi) is 5.64. The van der Waals surface area contributed by atoms with E-state index in [9.17, 15) is 0 Å². The first-order valence-electron chi connectivity index (χ1n) is 7.26. The van der Waals surface area contributed by atoms with Crippen molar-refractivity contribution in [2.45, 2.75) is 63.8 Å². The molecule has 2 nitrogen and oxygen atoms in total. The van der Waals surface area contributed by atoms with Gasteiger partial charge in [0.25, 0.3) is 0 Å². The van der Waals surface area contributed by atoms with Gasteiger partial charge in [0.2, 0.25) is 0 Å². The van der Waals surface area contributed by atoms with E-state index >= 15 is 0 Å². The molecule has 0 spiro atoms. The van der Waals surface area contributed by atoms with Crippen LogP contribution in [-0.4, -0.2) is 25.8 Å². The molecule has 1 saturated carbocycles. The van der Waals surface area contributed by atoms with Crippen molar-refractivity contribution in [1.29, 1.82) is 0 Å². The minimum Gasteiger partial charge on any atom is -0.381 e. The van der Waals surface area contributed by atoms with Gasteiger partial charge < -0.3 is 10.1 Å². The third kappa shape index (κ3) is 4.42. The Balaban J connectivity index is 1.47. The van der Waals surface area contributed by atoms with Crippen molar-refractivity contribution < 1.29 is 4.74 Å². The van der Waals surface area contributed by atoms with Crippen LogP contribution in [-0.2, 0) is 4.74 Å². The zero-order valence-corrected chi connectivity index (χ0v) is 10.5. The first-order chi connectivity index (χ1) is 7.95. The van der Waals surface area contributed by atoms with Gasteiger partial charge in [-0.2, -0.15) is 0 Å². The standard InChI is InChI=1S/C14H27NO/c1-2-6-13(7-3-1)12-16-11-9-14-8-4-5-10-15-14/h13-15H,1-12H2. The van der Waals surface area contributed by atoms with E-state index in [-0.39, 0.29) is 0 Å². The molecule has 0 amide bonds. The number of rotatable bonds is 5. The molecule has 1 atom stereocenters. The molecule has 1 heterocycles. The fourth-order valence-electron chi connectivity index (χ4n) is 3.00. The first-order valence-corrected chi connectivity index (χ1v) is 7.26. The molecule has 0 radical (unpaired) electrons. The normalized spacial score (nSPS) is 28.1. The molecule has 1 saturated heterocycles. The molecule has 2 fully saturated rings. The molecule has 0 aromatic rings. The quantitative estimate of drug-likeness (QED) is 0.726. The van der Waals surface area contributed by atoms with Crippen LogP contribution in [0.4, 0.5) is 0 Å². The van der Waals surface area contributed by atoms with Gasteiger partial charge in [-0.1, -0.05) is 25.7 Å². The Morgan fingerprint density at radius 2 is 1.75 bits per heavy atom. The average molecular weight is 225 g/mol. The van der Waals surface area contributed by atoms with Crippen LogP contribution in [0.3, 0.4) is 0 Å². The number of ether oxygens (including phenoxy) is 1. The maximum absolute atomic E-state index is 5.84. The highest BCUT2D eigenvalue weighted by molar-refractivity contribution is 4.72. The Labute approximate surface area is 100 Å². The van der Waals surface area contributed by atoms with Gasteiger partial charge in [-0.25, -0.2) is 0 Å². The van der Waals surface area contributed by atoms with Gasteiger partial charge in [-0.3, -0.25) is 0 Å². The summed E-state index contributed by atoms with van der Waals surface area (Å²) in [5.74, 6) is 0.869. The van der Waals surface area contributed by atoms with Gasteiger partial charge >= 0.3 is 0 Å². The molecule has 1 aliphatic carbocycles. The Morgan fingerprint density at radius 1 is 0.938 bits per heavy atom. The minimum atomic E-state index is 0.736. The zero-order valence-electron chi connectivity index (χ0n) is 10.5. The summed E-state index contributed by atoms with van der Waals surface area (Å²) in [6, 6.07) is 0.736. The van der Waals surface area contributed by atoms with Crippen molar-refractivity contribution in [1.82, 2.24) is 5.32 Å². The number of nitrogens with one attached hydrogen (secondary N) is 1. The SMILES string of the molecule is C1CCC(COCCC2CCCCN2)CC1. The number of piperidine rings is 1. The predicted molar refractivity (Wildman–Crippen MR) is 67.7 cm³/mol. The van der Waals surface area contributed by atoms with E-state index < -0.39 is 0 Å². The van der Waals surface area contributed by atoms with E-state index in [4.69, 9.17) is 4.74 Å². The van der Waals surface area contributed by atoms with Crippen molar-refractivity contribution >= 4 is 0 Å². The summed E-state index contributed by atoms with van der Waals surface area (Å²) in [7, 11) is 0. The van der Waals surface area contributed by atoms with Crippen molar-refractivity contribution in [3.8, 4) is 0 Å². The van der Waals surface area contributed by atoms with Crippen LogP contribution in [0.25, 0.3) is 0 Å². The average Bonchev–Trinajstić information content (AvgIpc) is 2.37. The monoisotopic (exact) mass is 225 g/mol. The second-order valence-electron chi connectivity index (χ2n) is 5.51. The predicted octanol–water partition coefficient (Wildman–Crippen LogP) is 3.12. The fourth-order valence-corrected chi connectivity index (χ4v) is 3.00. The number of hydrogen-bond acceptors (Lipinski definition) is 2. The molecule has 1 unspecified atom stereocenters. The summed E-state index contributed by atoms with van der Waals surface area (Å²) < 4.78 is 5.84. The lowest BCUT2D eigenvalue weighted by Gasteiger charge is -2.24. The van der Waals surface area contributed by atoms with E-state index in [1.165, 1.54) is 64.3 Å². The molecule has 2 heteroatoms. The van der Waals surface area contributed by atoms with E-state index in [0.29, 0.717) is 0 Å². The molecule has 0 aromatic carbocycles. The van der Waals surface area contributed by atoms with Crippen molar-refractivity contribution in [2.24, 2.45) is 5.92 Å². The Bertz CT molecular complexity index is 152. The van der Waals surface area contributed by atoms with Gasteiger partial charge in [-0.15, -0.1) is 0 Å². The molecule has 94 valence electrons. The fraction of sp³-hybridized carbons (Fsp3) is 1.00. The molecule has 2 aliphatic rings. The van der Waals surface area contributed by atoms with Gasteiger partial charge in [0, 0.05) is 19.3 Å². The lowest BCUT2D eigenvalue weighted by atomic mass is 9.90. The van der Waals surface area contributed by atoms with Gasteiger partial charge in [0.1, 0.15) is 0 Å². The largest absolute Gasteiger partial charge is 0.381 e. The highest BCUT2D eigenvalue weighted by Crippen LogP contribution is 2.23. The van der Waals surface area contributed by atoms with E-state index in [2.05, 4.69) is 5.32 Å². The van der Waals surface area contributed by atoms with Crippen LogP contribution >= 0.6 is 0 Å². The molecular weight excluding hydrogens is 198 g/mol. The summed E-state index contributed by atoms with van der Waals surface area (Å²) in [4.78, 5) is 0. The molecule has 0 bridgehead atoms. The van der Waals surface area contributed by atoms with Crippen LogP contribution < -0.4 is 5.32 Å². The smallest absolute Gasteiger partial charge is 0.0494 e. The van der Waals surface area contributed by atoms with Crippen molar-refractivity contribution in [3.63, 3.8) is 0 Å². The van der Waals surface area contributed by atoms with Crippen molar-refractivity contribution in [3.05, 3.63) is 0 Å². The molecular formula is C14H27NO. The summed E-state index contributed by atoms with van der Waals surface area (Å²) in [6.45, 7) is 3.20. The maximum Gasteiger partial charge on any atom is 0.0494 e. The minimum absolute atomic E-state index is 0.736. The lowest BCUT2D eigenvalue weighted by Crippen LogP contribution is -2.34. The van der Waals surface area contributed by atoms with E-state index in [0.717, 1.165) is 25.2 Å². The molecule has 1 aliphatic heterocycles. The third-order valence-electron chi connectivity index (χ3n) is 4.10. The van der Waals surface area contributed by atoms with E-state index in [1.807, 2.05) is 0 Å². The van der Waals surface area contributed by atoms with Gasteiger partial charge in [0.15, 0.2) is 0 Å². The van der Waals surface area contributed by atoms with Crippen LogP contribution in [0.2, 0.25) is 0 Å². The lowest BCUT2D eigenvalue weighted by molar-refractivity contribution is 0.0770. The maximum atomic E-state index is 5.84. The van der Waals surface area contributed by atoms with E-state index in [1.54, 1.807) is 0 Å². The van der Waals surface area contributed by atoms with Crippen LogP contribution in [0.1, 0.15) is 57.8 Å². The zero-order chi connectivity index (χ0) is 11.1. The second kappa shape index (κ2) is 7.29. The Morgan fingerprint density at radius 3 is 2.50 bits per heavy atom. The molecule has 0 aromatic heterocycles. The second-order valence-corrected chi connectivity index (χ2v) is 5.51. The Hall–Kier alpha value is -0.0800. The third-order valence-corrected chi connectivity index (χ3v) is 4.10. The molecule has 16 heavy (non-hydrogen) atoms.